The number of carbonyl (C=O) groups excluding carboxylic acids is 2. The van der Waals surface area contributed by atoms with E-state index >= 15 is 0 Å². The van der Waals surface area contributed by atoms with Crippen LogP contribution in [0.2, 0.25) is 0 Å². The highest BCUT2D eigenvalue weighted by Gasteiger charge is 2.28. The lowest BCUT2D eigenvalue weighted by Crippen LogP contribution is -2.52. The minimum atomic E-state index is -1.14. The van der Waals surface area contributed by atoms with Crippen LogP contribution in [0.15, 0.2) is 48.5 Å². The van der Waals surface area contributed by atoms with Crippen LogP contribution in [0.25, 0.3) is 0 Å². The second-order valence-corrected chi connectivity index (χ2v) is 8.00. The summed E-state index contributed by atoms with van der Waals surface area (Å²) >= 11 is 0. The fraction of sp³-hybridized carbons (Fsp3) is 0.400. The lowest BCUT2D eigenvalue weighted by atomic mass is 9.97. The maximum Gasteiger partial charge on any atom is 0.328 e. The van der Waals surface area contributed by atoms with Crippen LogP contribution in [0.3, 0.4) is 0 Å². The Morgan fingerprint density at radius 2 is 1.74 bits per heavy atom. The van der Waals surface area contributed by atoms with Gasteiger partial charge in [0.2, 0.25) is 5.91 Å². The molecule has 9 heteroatoms. The molecule has 2 rings (SSSR count). The number of aliphatic carboxylic acids is 1. The summed E-state index contributed by atoms with van der Waals surface area (Å²) in [6, 6.07) is 12.3. The van der Waals surface area contributed by atoms with Crippen LogP contribution in [0.1, 0.15) is 36.8 Å². The maximum absolute atomic E-state index is 12.9. The van der Waals surface area contributed by atoms with Crippen molar-refractivity contribution in [3.63, 3.8) is 0 Å². The van der Waals surface area contributed by atoms with Gasteiger partial charge < -0.3 is 30.3 Å². The van der Waals surface area contributed by atoms with Crippen LogP contribution in [-0.2, 0) is 25.5 Å². The molecule has 0 aromatic heterocycles. The van der Waals surface area contributed by atoms with E-state index in [9.17, 15) is 24.6 Å². The third-order valence-corrected chi connectivity index (χ3v) is 5.52. The molecule has 0 radical (unpaired) electrons. The van der Waals surface area contributed by atoms with Crippen molar-refractivity contribution in [1.29, 1.82) is 0 Å². The summed E-state index contributed by atoms with van der Waals surface area (Å²) in [5, 5.41) is 24.7. The second-order valence-electron chi connectivity index (χ2n) is 8.00. The lowest BCUT2D eigenvalue weighted by molar-refractivity contribution is -0.145. The van der Waals surface area contributed by atoms with Crippen LogP contribution in [0.4, 0.5) is 0 Å². The first-order valence-electron chi connectivity index (χ1n) is 11.0. The largest absolute Gasteiger partial charge is 0.504 e. The number of hydrogen-bond acceptors (Lipinski definition) is 7. The number of carboxylic acid groups (broad SMARTS) is 1. The fourth-order valence-corrected chi connectivity index (χ4v) is 3.53. The average molecular weight is 473 g/mol. The van der Waals surface area contributed by atoms with Crippen molar-refractivity contribution in [2.45, 2.75) is 44.2 Å². The number of benzene rings is 2. The number of hydrogen-bond donors (Lipinski definition) is 4. The summed E-state index contributed by atoms with van der Waals surface area (Å²) in [4.78, 5) is 36.5. The second kappa shape index (κ2) is 13.2. The van der Waals surface area contributed by atoms with Crippen molar-refractivity contribution in [3.05, 3.63) is 59.7 Å². The number of amides is 1. The number of ether oxygens (including phenoxy) is 2. The number of esters is 1. The molecule has 2 aromatic rings. The predicted molar refractivity (Wildman–Crippen MR) is 126 cm³/mol. The topological polar surface area (TPSA) is 134 Å². The monoisotopic (exact) mass is 472 g/mol. The zero-order valence-electron chi connectivity index (χ0n) is 19.6. The van der Waals surface area contributed by atoms with E-state index < -0.39 is 36.4 Å². The zero-order valence-corrected chi connectivity index (χ0v) is 19.6. The molecule has 0 saturated heterocycles. The maximum atomic E-state index is 12.9. The first-order valence-corrected chi connectivity index (χ1v) is 11.0. The van der Waals surface area contributed by atoms with Gasteiger partial charge in [-0.1, -0.05) is 43.3 Å². The Morgan fingerprint density at radius 1 is 1.03 bits per heavy atom. The third kappa shape index (κ3) is 8.08. The van der Waals surface area contributed by atoms with Gasteiger partial charge in [-0.2, -0.15) is 0 Å². The van der Waals surface area contributed by atoms with Crippen molar-refractivity contribution in [2.24, 2.45) is 0 Å². The van der Waals surface area contributed by atoms with Crippen LogP contribution in [0, 0.1) is 0 Å². The van der Waals surface area contributed by atoms with E-state index in [-0.39, 0.29) is 18.1 Å². The Morgan fingerprint density at radius 3 is 2.35 bits per heavy atom. The van der Waals surface area contributed by atoms with Crippen molar-refractivity contribution >= 4 is 17.8 Å². The molecule has 1 amide bonds. The first kappa shape index (κ1) is 26.7. The van der Waals surface area contributed by atoms with Gasteiger partial charge in [-0.05, 0) is 42.1 Å². The highest BCUT2D eigenvalue weighted by atomic mass is 16.5. The SMILES string of the molecule is COC(=O)[C@@H](Cc1ccccc1)NC(=O)[C@H](CC(=O)O)NCCC(C)c1ccc(O)c(OC)c1. The van der Waals surface area contributed by atoms with Crippen LogP contribution >= 0.6 is 0 Å². The molecular formula is C25H32N2O7. The molecule has 0 spiro atoms. The van der Waals surface area contributed by atoms with E-state index in [1.54, 1.807) is 18.2 Å². The lowest BCUT2D eigenvalue weighted by Gasteiger charge is -2.22. The summed E-state index contributed by atoms with van der Waals surface area (Å²) in [5.74, 6) is -1.87. The minimum Gasteiger partial charge on any atom is -0.504 e. The number of carboxylic acids is 1. The normalized spacial score (nSPS) is 13.4. The summed E-state index contributed by atoms with van der Waals surface area (Å²) in [6.45, 7) is 2.34. The van der Waals surface area contributed by atoms with Gasteiger partial charge in [0.15, 0.2) is 11.5 Å². The van der Waals surface area contributed by atoms with Gasteiger partial charge in [0, 0.05) is 6.42 Å². The van der Waals surface area contributed by atoms with E-state index in [1.807, 2.05) is 37.3 Å². The van der Waals surface area contributed by atoms with Gasteiger partial charge >= 0.3 is 11.9 Å². The van der Waals surface area contributed by atoms with Gasteiger partial charge in [0.05, 0.1) is 26.7 Å². The summed E-state index contributed by atoms with van der Waals surface area (Å²) in [5.41, 5.74) is 1.77. The summed E-state index contributed by atoms with van der Waals surface area (Å²) in [6.07, 6.45) is 0.382. The van der Waals surface area contributed by atoms with Crippen LogP contribution in [0.5, 0.6) is 11.5 Å². The number of nitrogens with one attached hydrogen (secondary N) is 2. The minimum absolute atomic E-state index is 0.0467. The average Bonchev–Trinajstić information content (AvgIpc) is 2.83. The van der Waals surface area contributed by atoms with Crippen LogP contribution < -0.4 is 15.4 Å². The highest BCUT2D eigenvalue weighted by molar-refractivity contribution is 5.90. The number of phenols is 1. The first-order chi connectivity index (χ1) is 16.2. The summed E-state index contributed by atoms with van der Waals surface area (Å²) < 4.78 is 9.96. The number of rotatable bonds is 13. The van der Waals surface area contributed by atoms with Crippen molar-refractivity contribution in [2.75, 3.05) is 20.8 Å². The Labute approximate surface area is 199 Å². The molecule has 0 fully saturated rings. The van der Waals surface area contributed by atoms with Gasteiger partial charge in [-0.25, -0.2) is 4.79 Å². The summed E-state index contributed by atoms with van der Waals surface area (Å²) in [7, 11) is 2.71. The van der Waals surface area contributed by atoms with E-state index in [0.717, 1.165) is 11.1 Å². The molecule has 2 aromatic carbocycles. The number of phenolic OH excluding ortho intramolecular Hbond substituents is 1. The Hall–Kier alpha value is -3.59. The van der Waals surface area contributed by atoms with E-state index in [4.69, 9.17) is 9.47 Å². The molecule has 9 nitrogen and oxygen atoms in total. The van der Waals surface area contributed by atoms with E-state index in [0.29, 0.717) is 18.7 Å². The van der Waals surface area contributed by atoms with Gasteiger partial charge in [0.1, 0.15) is 6.04 Å². The molecule has 0 aliphatic carbocycles. The number of methoxy groups -OCH3 is 2. The molecule has 0 saturated carbocycles. The molecule has 0 aliphatic heterocycles. The predicted octanol–water partition coefficient (Wildman–Crippen LogP) is 2.23. The standard InChI is InChI=1S/C25H32N2O7/c1-16(18-9-10-21(28)22(14-18)33-2)11-12-26-19(15-23(29)30)24(31)27-20(25(32)34-3)13-17-7-5-4-6-8-17/h4-10,14,16,19-20,26,28H,11-13,15H2,1-3H3,(H,27,31)(H,29,30)/t16?,19-,20+/m0/s1. The molecule has 0 aliphatic rings. The Balaban J connectivity index is 2.01. The molecule has 34 heavy (non-hydrogen) atoms. The zero-order chi connectivity index (χ0) is 25.1. The van der Waals surface area contributed by atoms with Gasteiger partial charge in [-0.15, -0.1) is 0 Å². The Kier molecular flexibility index (Phi) is 10.3. The van der Waals surface area contributed by atoms with Crippen molar-refractivity contribution in [1.82, 2.24) is 10.6 Å². The number of carbonyl (C=O) groups is 3. The highest BCUT2D eigenvalue weighted by Crippen LogP contribution is 2.30. The van der Waals surface area contributed by atoms with Crippen molar-refractivity contribution < 1.29 is 34.1 Å². The quantitative estimate of drug-likeness (QED) is 0.326. The molecule has 1 unspecified atom stereocenters. The molecule has 184 valence electrons. The molecule has 4 N–H and O–H groups in total. The van der Waals surface area contributed by atoms with Gasteiger partial charge in [0.25, 0.3) is 0 Å². The van der Waals surface area contributed by atoms with Crippen LogP contribution in [-0.4, -0.2) is 60.9 Å². The fourth-order valence-electron chi connectivity index (χ4n) is 3.53. The number of aromatic hydroxyl groups is 1. The van der Waals surface area contributed by atoms with Crippen molar-refractivity contribution in [3.8, 4) is 11.5 Å². The van der Waals surface area contributed by atoms with E-state index in [1.165, 1.54) is 14.2 Å². The van der Waals surface area contributed by atoms with Gasteiger partial charge in [-0.3, -0.25) is 9.59 Å². The molecule has 0 heterocycles. The third-order valence-electron chi connectivity index (χ3n) is 5.52. The smallest absolute Gasteiger partial charge is 0.328 e. The van der Waals surface area contributed by atoms with E-state index in [2.05, 4.69) is 10.6 Å². The molecular weight excluding hydrogens is 440 g/mol. The molecule has 0 bridgehead atoms. The Bertz CT molecular complexity index is 965. The molecule has 3 atom stereocenters.